The lowest BCUT2D eigenvalue weighted by molar-refractivity contribution is 0.104. The average molecular weight is 261 g/mol. The van der Waals surface area contributed by atoms with Crippen molar-refractivity contribution in [1.29, 1.82) is 0 Å². The van der Waals surface area contributed by atoms with E-state index in [0.29, 0.717) is 6.04 Å². The van der Waals surface area contributed by atoms with Gasteiger partial charge in [0.15, 0.2) is 0 Å². The zero-order valence-corrected chi connectivity index (χ0v) is 12.5. The van der Waals surface area contributed by atoms with Gasteiger partial charge in [-0.25, -0.2) is 0 Å². The lowest BCUT2D eigenvalue weighted by atomic mass is 9.98. The number of aryl methyl sites for hydroxylation is 2. The van der Waals surface area contributed by atoms with Gasteiger partial charge in [-0.15, -0.1) is 0 Å². The summed E-state index contributed by atoms with van der Waals surface area (Å²) in [7, 11) is 0. The van der Waals surface area contributed by atoms with Crippen LogP contribution in [0.5, 0.6) is 0 Å². The maximum atomic E-state index is 5.63. The third-order valence-electron chi connectivity index (χ3n) is 4.28. The van der Waals surface area contributed by atoms with E-state index in [9.17, 15) is 0 Å². The smallest absolute Gasteiger partial charge is 0.0323 e. The molecule has 1 aliphatic rings. The molecule has 1 heterocycles. The molecule has 0 saturated carbocycles. The Morgan fingerprint density at radius 3 is 2.47 bits per heavy atom. The number of rotatable bonds is 4. The highest BCUT2D eigenvalue weighted by molar-refractivity contribution is 5.32. The molecule has 3 nitrogen and oxygen atoms in total. The van der Waals surface area contributed by atoms with Gasteiger partial charge in [-0.3, -0.25) is 9.80 Å². The summed E-state index contributed by atoms with van der Waals surface area (Å²) >= 11 is 0. The molecular weight excluding hydrogens is 234 g/mol. The normalized spacial score (nSPS) is 19.6. The highest BCUT2D eigenvalue weighted by Crippen LogP contribution is 2.25. The van der Waals surface area contributed by atoms with E-state index >= 15 is 0 Å². The van der Waals surface area contributed by atoms with Crippen LogP contribution < -0.4 is 5.73 Å². The molecular formula is C16H27N3. The second kappa shape index (κ2) is 6.51. The van der Waals surface area contributed by atoms with E-state index in [1.165, 1.54) is 16.7 Å². The van der Waals surface area contributed by atoms with Gasteiger partial charge < -0.3 is 5.73 Å². The summed E-state index contributed by atoms with van der Waals surface area (Å²) < 4.78 is 0. The van der Waals surface area contributed by atoms with Crippen molar-refractivity contribution in [3.63, 3.8) is 0 Å². The number of hydrogen-bond acceptors (Lipinski definition) is 3. The second-order valence-electron chi connectivity index (χ2n) is 5.70. The van der Waals surface area contributed by atoms with E-state index < -0.39 is 0 Å². The summed E-state index contributed by atoms with van der Waals surface area (Å²) in [5, 5.41) is 0. The van der Waals surface area contributed by atoms with Crippen LogP contribution in [0.4, 0.5) is 0 Å². The van der Waals surface area contributed by atoms with Crippen molar-refractivity contribution in [1.82, 2.24) is 9.80 Å². The summed E-state index contributed by atoms with van der Waals surface area (Å²) in [6.07, 6.45) is 0. The minimum Gasteiger partial charge on any atom is -0.329 e. The van der Waals surface area contributed by atoms with Crippen LogP contribution in [0.2, 0.25) is 0 Å². The predicted molar refractivity (Wildman–Crippen MR) is 81.4 cm³/mol. The Labute approximate surface area is 117 Å². The summed E-state index contributed by atoms with van der Waals surface area (Å²) in [4.78, 5) is 5.06. The summed E-state index contributed by atoms with van der Waals surface area (Å²) in [6, 6.07) is 7.29. The molecule has 1 unspecified atom stereocenters. The van der Waals surface area contributed by atoms with Gasteiger partial charge >= 0.3 is 0 Å². The quantitative estimate of drug-likeness (QED) is 0.899. The molecule has 0 bridgehead atoms. The van der Waals surface area contributed by atoms with Crippen LogP contribution in [-0.2, 0) is 0 Å². The Bertz CT molecular complexity index is 408. The molecule has 106 valence electrons. The highest BCUT2D eigenvalue weighted by Gasteiger charge is 2.22. The van der Waals surface area contributed by atoms with Crippen LogP contribution >= 0.6 is 0 Å². The Balaban J connectivity index is 2.01. The predicted octanol–water partition coefficient (Wildman–Crippen LogP) is 1.94. The first-order valence-electron chi connectivity index (χ1n) is 7.35. The maximum absolute atomic E-state index is 5.63. The first-order valence-corrected chi connectivity index (χ1v) is 7.35. The maximum Gasteiger partial charge on any atom is 0.0323 e. The topological polar surface area (TPSA) is 32.5 Å². The van der Waals surface area contributed by atoms with Crippen molar-refractivity contribution < 1.29 is 0 Å². The molecule has 0 aromatic heterocycles. The fraction of sp³-hybridized carbons (Fsp3) is 0.625. The summed E-state index contributed by atoms with van der Waals surface area (Å²) in [6.45, 7) is 13.1. The van der Waals surface area contributed by atoms with E-state index in [1.54, 1.807) is 0 Å². The van der Waals surface area contributed by atoms with Crippen molar-refractivity contribution in [3.8, 4) is 0 Å². The third kappa shape index (κ3) is 3.56. The standard InChI is InChI=1S/C16H27N3/c1-13-4-5-14(2)16(12-13)15(3)19-10-8-18(7-6-17)9-11-19/h4-5,12,15H,6-11,17H2,1-3H3. The fourth-order valence-electron chi connectivity index (χ4n) is 2.96. The third-order valence-corrected chi connectivity index (χ3v) is 4.28. The molecule has 1 atom stereocenters. The molecule has 1 saturated heterocycles. The zero-order valence-electron chi connectivity index (χ0n) is 12.5. The monoisotopic (exact) mass is 261 g/mol. The fourth-order valence-corrected chi connectivity index (χ4v) is 2.96. The molecule has 1 fully saturated rings. The molecule has 1 aliphatic heterocycles. The SMILES string of the molecule is Cc1ccc(C)c(C(C)N2CCN(CCN)CC2)c1. The van der Waals surface area contributed by atoms with Crippen molar-refractivity contribution in [2.45, 2.75) is 26.8 Å². The lowest BCUT2D eigenvalue weighted by Crippen LogP contribution is -2.48. The molecule has 0 spiro atoms. The molecule has 1 aromatic carbocycles. The first kappa shape index (κ1) is 14.5. The van der Waals surface area contributed by atoms with E-state index in [0.717, 1.165) is 39.3 Å². The van der Waals surface area contributed by atoms with E-state index in [4.69, 9.17) is 5.73 Å². The highest BCUT2D eigenvalue weighted by atomic mass is 15.3. The number of nitrogens with zero attached hydrogens (tertiary/aromatic N) is 2. The molecule has 0 amide bonds. The van der Waals surface area contributed by atoms with Crippen LogP contribution in [0.25, 0.3) is 0 Å². The minimum atomic E-state index is 0.514. The van der Waals surface area contributed by atoms with Crippen molar-refractivity contribution >= 4 is 0 Å². The molecule has 0 radical (unpaired) electrons. The van der Waals surface area contributed by atoms with E-state index in [1.807, 2.05) is 0 Å². The zero-order chi connectivity index (χ0) is 13.8. The van der Waals surface area contributed by atoms with Crippen molar-refractivity contribution in [2.75, 3.05) is 39.3 Å². The average Bonchev–Trinajstić information content (AvgIpc) is 2.42. The van der Waals surface area contributed by atoms with Crippen molar-refractivity contribution in [2.24, 2.45) is 5.73 Å². The number of nitrogens with two attached hydrogens (primary N) is 1. The number of benzene rings is 1. The minimum absolute atomic E-state index is 0.514. The van der Waals surface area contributed by atoms with Crippen LogP contribution in [0.15, 0.2) is 18.2 Å². The van der Waals surface area contributed by atoms with E-state index in [-0.39, 0.29) is 0 Å². The van der Waals surface area contributed by atoms with Crippen LogP contribution in [0.3, 0.4) is 0 Å². The molecule has 0 aliphatic carbocycles. The molecule has 2 N–H and O–H groups in total. The van der Waals surface area contributed by atoms with Crippen molar-refractivity contribution in [3.05, 3.63) is 34.9 Å². The van der Waals surface area contributed by atoms with Crippen LogP contribution in [0, 0.1) is 13.8 Å². The molecule has 2 rings (SSSR count). The first-order chi connectivity index (χ1) is 9.11. The van der Waals surface area contributed by atoms with E-state index in [2.05, 4.69) is 48.8 Å². The van der Waals surface area contributed by atoms with Gasteiger partial charge in [0.05, 0.1) is 0 Å². The molecule has 19 heavy (non-hydrogen) atoms. The van der Waals surface area contributed by atoms with Gasteiger partial charge in [0.2, 0.25) is 0 Å². The van der Waals surface area contributed by atoms with Gasteiger partial charge in [0.1, 0.15) is 0 Å². The largest absolute Gasteiger partial charge is 0.329 e. The lowest BCUT2D eigenvalue weighted by Gasteiger charge is -2.38. The Morgan fingerprint density at radius 2 is 1.84 bits per heavy atom. The number of piperazine rings is 1. The summed E-state index contributed by atoms with van der Waals surface area (Å²) in [5.74, 6) is 0. The van der Waals surface area contributed by atoms with Gasteiger partial charge in [0, 0.05) is 45.3 Å². The van der Waals surface area contributed by atoms with Gasteiger partial charge in [-0.2, -0.15) is 0 Å². The molecule has 3 heteroatoms. The van der Waals surface area contributed by atoms with Gasteiger partial charge in [-0.05, 0) is 31.9 Å². The Kier molecular flexibility index (Phi) is 4.97. The Hall–Kier alpha value is -0.900. The van der Waals surface area contributed by atoms with Crippen LogP contribution in [-0.4, -0.2) is 49.1 Å². The van der Waals surface area contributed by atoms with Crippen LogP contribution in [0.1, 0.15) is 29.7 Å². The number of hydrogen-bond donors (Lipinski definition) is 1. The Morgan fingerprint density at radius 1 is 1.16 bits per heavy atom. The second-order valence-corrected chi connectivity index (χ2v) is 5.70. The van der Waals surface area contributed by atoms with Gasteiger partial charge in [-0.1, -0.05) is 23.8 Å². The summed E-state index contributed by atoms with van der Waals surface area (Å²) in [5.41, 5.74) is 9.87. The molecule has 1 aromatic rings. The van der Waals surface area contributed by atoms with Gasteiger partial charge in [0.25, 0.3) is 0 Å².